The summed E-state index contributed by atoms with van der Waals surface area (Å²) >= 11 is 0. The normalized spacial score (nSPS) is 9.71. The van der Waals surface area contributed by atoms with Gasteiger partial charge in [-0.05, 0) is 24.1 Å². The second kappa shape index (κ2) is 7.69. The minimum absolute atomic E-state index is 0.353. The van der Waals surface area contributed by atoms with Crippen molar-refractivity contribution in [2.45, 2.75) is 6.42 Å². The molecule has 5 nitrogen and oxygen atoms in total. The van der Waals surface area contributed by atoms with E-state index in [0.717, 1.165) is 12.0 Å². The molecular formula is C16H17N3O2. The van der Waals surface area contributed by atoms with E-state index < -0.39 is 6.03 Å². The molecule has 0 aromatic heterocycles. The average molecular weight is 283 g/mol. The highest BCUT2D eigenvalue weighted by molar-refractivity contribution is 5.95. The molecule has 2 aromatic rings. The fraction of sp³-hybridized carbons (Fsp3) is 0.125. The van der Waals surface area contributed by atoms with Crippen LogP contribution in [0.3, 0.4) is 0 Å². The first-order valence-electron chi connectivity index (χ1n) is 6.69. The largest absolute Gasteiger partial charge is 0.336 e. The van der Waals surface area contributed by atoms with Crippen LogP contribution in [-0.2, 0) is 6.42 Å². The molecule has 108 valence electrons. The molecule has 0 aliphatic carbocycles. The maximum Gasteiger partial charge on any atom is 0.333 e. The quantitative estimate of drug-likeness (QED) is 0.750. The maximum absolute atomic E-state index is 11.7. The summed E-state index contributed by atoms with van der Waals surface area (Å²) in [6, 6.07) is 18.1. The summed E-state index contributed by atoms with van der Waals surface area (Å²) in [5.74, 6) is -0.353. The van der Waals surface area contributed by atoms with Gasteiger partial charge in [-0.25, -0.2) is 10.2 Å². The highest BCUT2D eigenvalue weighted by atomic mass is 16.2. The lowest BCUT2D eigenvalue weighted by Crippen LogP contribution is -2.47. The molecule has 0 radical (unpaired) electrons. The minimum atomic E-state index is -0.435. The van der Waals surface area contributed by atoms with Crippen molar-refractivity contribution in [3.05, 3.63) is 71.8 Å². The molecule has 21 heavy (non-hydrogen) atoms. The van der Waals surface area contributed by atoms with Crippen molar-refractivity contribution in [3.63, 3.8) is 0 Å². The summed E-state index contributed by atoms with van der Waals surface area (Å²) in [7, 11) is 0. The Morgan fingerprint density at radius 1 is 0.810 bits per heavy atom. The molecule has 2 aromatic carbocycles. The fourth-order valence-electron chi connectivity index (χ4n) is 1.78. The predicted octanol–water partition coefficient (Wildman–Crippen LogP) is 1.87. The van der Waals surface area contributed by atoms with Gasteiger partial charge in [0, 0.05) is 12.1 Å². The van der Waals surface area contributed by atoms with Crippen molar-refractivity contribution >= 4 is 11.9 Å². The van der Waals surface area contributed by atoms with Gasteiger partial charge in [0.1, 0.15) is 0 Å². The number of urea groups is 1. The number of hydrazine groups is 1. The van der Waals surface area contributed by atoms with Crippen molar-refractivity contribution in [2.24, 2.45) is 0 Å². The Balaban J connectivity index is 1.67. The zero-order valence-corrected chi connectivity index (χ0v) is 11.5. The van der Waals surface area contributed by atoms with Gasteiger partial charge in [-0.2, -0.15) is 0 Å². The Hall–Kier alpha value is -2.82. The molecule has 0 spiro atoms. The highest BCUT2D eigenvalue weighted by Gasteiger charge is 2.05. The number of nitrogens with one attached hydrogen (secondary N) is 3. The van der Waals surface area contributed by atoms with E-state index in [2.05, 4.69) is 16.2 Å². The van der Waals surface area contributed by atoms with Gasteiger partial charge in [-0.1, -0.05) is 48.5 Å². The lowest BCUT2D eigenvalue weighted by atomic mass is 10.1. The number of hydrogen-bond donors (Lipinski definition) is 3. The molecule has 0 unspecified atom stereocenters. The smallest absolute Gasteiger partial charge is 0.333 e. The van der Waals surface area contributed by atoms with E-state index in [9.17, 15) is 9.59 Å². The summed E-state index contributed by atoms with van der Waals surface area (Å²) in [5, 5.41) is 2.67. The summed E-state index contributed by atoms with van der Waals surface area (Å²) in [6.45, 7) is 0.497. The second-order valence-corrected chi connectivity index (χ2v) is 4.44. The monoisotopic (exact) mass is 283 g/mol. The Morgan fingerprint density at radius 2 is 1.43 bits per heavy atom. The molecule has 0 saturated heterocycles. The van der Waals surface area contributed by atoms with E-state index in [4.69, 9.17) is 0 Å². The number of carbonyl (C=O) groups excluding carboxylic acids is 2. The number of amides is 3. The van der Waals surface area contributed by atoms with Gasteiger partial charge >= 0.3 is 6.03 Å². The molecular weight excluding hydrogens is 266 g/mol. The van der Waals surface area contributed by atoms with Gasteiger partial charge in [0.25, 0.3) is 5.91 Å². The lowest BCUT2D eigenvalue weighted by molar-refractivity contribution is 0.0936. The highest BCUT2D eigenvalue weighted by Crippen LogP contribution is 1.98. The topological polar surface area (TPSA) is 70.2 Å². The minimum Gasteiger partial charge on any atom is -0.336 e. The molecule has 5 heteroatoms. The van der Waals surface area contributed by atoms with Crippen molar-refractivity contribution in [2.75, 3.05) is 6.54 Å². The van der Waals surface area contributed by atoms with E-state index in [-0.39, 0.29) is 5.91 Å². The van der Waals surface area contributed by atoms with Crippen LogP contribution in [0.5, 0.6) is 0 Å². The SMILES string of the molecule is O=C(NCCc1ccccc1)NNC(=O)c1ccccc1. The van der Waals surface area contributed by atoms with Crippen LogP contribution in [0, 0.1) is 0 Å². The van der Waals surface area contributed by atoms with Gasteiger partial charge in [-0.3, -0.25) is 10.2 Å². The fourth-order valence-corrected chi connectivity index (χ4v) is 1.78. The lowest BCUT2D eigenvalue weighted by Gasteiger charge is -2.09. The van der Waals surface area contributed by atoms with Crippen LogP contribution in [0.1, 0.15) is 15.9 Å². The number of carbonyl (C=O) groups is 2. The van der Waals surface area contributed by atoms with Gasteiger partial charge < -0.3 is 5.32 Å². The second-order valence-electron chi connectivity index (χ2n) is 4.44. The van der Waals surface area contributed by atoms with Crippen LogP contribution in [0.2, 0.25) is 0 Å². The standard InChI is InChI=1S/C16H17N3O2/c20-15(14-9-5-2-6-10-14)18-19-16(21)17-12-11-13-7-3-1-4-8-13/h1-10H,11-12H2,(H,18,20)(H2,17,19,21). The molecule has 0 heterocycles. The molecule has 0 saturated carbocycles. The Kier molecular flexibility index (Phi) is 5.34. The Labute approximate surface area is 123 Å². The average Bonchev–Trinajstić information content (AvgIpc) is 2.54. The summed E-state index contributed by atoms with van der Waals surface area (Å²) in [6.07, 6.45) is 0.737. The zero-order chi connectivity index (χ0) is 14.9. The summed E-state index contributed by atoms with van der Waals surface area (Å²) in [4.78, 5) is 23.2. The van der Waals surface area contributed by atoms with Crippen molar-refractivity contribution in [3.8, 4) is 0 Å². The van der Waals surface area contributed by atoms with Crippen LogP contribution >= 0.6 is 0 Å². The molecule has 3 amide bonds. The number of rotatable bonds is 4. The van der Waals surface area contributed by atoms with E-state index in [1.807, 2.05) is 36.4 Å². The van der Waals surface area contributed by atoms with Crippen LogP contribution in [-0.4, -0.2) is 18.5 Å². The third kappa shape index (κ3) is 4.99. The van der Waals surface area contributed by atoms with E-state index in [0.29, 0.717) is 12.1 Å². The van der Waals surface area contributed by atoms with E-state index >= 15 is 0 Å². The van der Waals surface area contributed by atoms with E-state index in [1.165, 1.54) is 0 Å². The Morgan fingerprint density at radius 3 is 2.10 bits per heavy atom. The van der Waals surface area contributed by atoms with Crippen LogP contribution in [0.15, 0.2) is 60.7 Å². The summed E-state index contributed by atoms with van der Waals surface area (Å²) < 4.78 is 0. The summed E-state index contributed by atoms with van der Waals surface area (Å²) in [5.41, 5.74) is 6.30. The molecule has 0 aliphatic heterocycles. The first kappa shape index (κ1) is 14.6. The molecule has 0 bridgehead atoms. The first-order chi connectivity index (χ1) is 10.3. The first-order valence-corrected chi connectivity index (χ1v) is 6.69. The van der Waals surface area contributed by atoms with Crippen molar-refractivity contribution in [1.82, 2.24) is 16.2 Å². The van der Waals surface area contributed by atoms with E-state index in [1.54, 1.807) is 24.3 Å². The van der Waals surface area contributed by atoms with Crippen molar-refractivity contribution < 1.29 is 9.59 Å². The van der Waals surface area contributed by atoms with Gasteiger partial charge in [0.2, 0.25) is 0 Å². The number of hydrogen-bond acceptors (Lipinski definition) is 2. The molecule has 2 rings (SSSR count). The maximum atomic E-state index is 11.7. The Bertz CT molecular complexity index is 585. The molecule has 0 fully saturated rings. The molecule has 3 N–H and O–H groups in total. The van der Waals surface area contributed by atoms with Crippen LogP contribution < -0.4 is 16.2 Å². The zero-order valence-electron chi connectivity index (χ0n) is 11.5. The van der Waals surface area contributed by atoms with Gasteiger partial charge in [-0.15, -0.1) is 0 Å². The van der Waals surface area contributed by atoms with Gasteiger partial charge in [0.15, 0.2) is 0 Å². The predicted molar refractivity (Wildman–Crippen MR) is 80.6 cm³/mol. The van der Waals surface area contributed by atoms with Gasteiger partial charge in [0.05, 0.1) is 0 Å². The third-order valence-corrected chi connectivity index (χ3v) is 2.87. The van der Waals surface area contributed by atoms with Crippen molar-refractivity contribution in [1.29, 1.82) is 0 Å². The van der Waals surface area contributed by atoms with Crippen LogP contribution in [0.4, 0.5) is 4.79 Å². The molecule has 0 aliphatic rings. The third-order valence-electron chi connectivity index (χ3n) is 2.87. The van der Waals surface area contributed by atoms with Crippen LogP contribution in [0.25, 0.3) is 0 Å². The molecule has 0 atom stereocenters. The number of benzene rings is 2.